The Bertz CT molecular complexity index is 875. The number of rotatable bonds is 6. The smallest absolute Gasteiger partial charge is 0.291 e. The van der Waals surface area contributed by atoms with Crippen molar-refractivity contribution < 1.29 is 14.3 Å². The monoisotopic (exact) mass is 354 g/mol. The normalized spacial score (nSPS) is 12.0. The summed E-state index contributed by atoms with van der Waals surface area (Å²) in [5, 5.41) is 17.0. The Morgan fingerprint density at radius 3 is 2.58 bits per heavy atom. The Morgan fingerprint density at radius 1 is 1.19 bits per heavy atom. The van der Waals surface area contributed by atoms with Crippen molar-refractivity contribution in [3.8, 4) is 0 Å². The van der Waals surface area contributed by atoms with Crippen LogP contribution in [0.4, 0.5) is 4.39 Å². The highest BCUT2D eigenvalue weighted by atomic mass is 19.1. The number of amides is 1. The molecule has 0 aliphatic rings. The van der Waals surface area contributed by atoms with Gasteiger partial charge >= 0.3 is 0 Å². The average molecular weight is 354 g/mol. The molecule has 2 aromatic carbocycles. The topological polar surface area (TPSA) is 80.0 Å². The first-order valence-corrected chi connectivity index (χ1v) is 8.18. The summed E-state index contributed by atoms with van der Waals surface area (Å²) >= 11 is 0. The van der Waals surface area contributed by atoms with Crippen LogP contribution in [0.2, 0.25) is 0 Å². The molecule has 0 radical (unpaired) electrons. The Morgan fingerprint density at radius 2 is 1.88 bits per heavy atom. The van der Waals surface area contributed by atoms with Gasteiger partial charge in [0.15, 0.2) is 0 Å². The maximum absolute atomic E-state index is 12.9. The molecule has 0 saturated heterocycles. The second kappa shape index (κ2) is 7.88. The van der Waals surface area contributed by atoms with Crippen LogP contribution in [-0.2, 0) is 13.1 Å². The summed E-state index contributed by atoms with van der Waals surface area (Å²) in [6.07, 6.45) is 0.508. The number of hydrogen-bond donors (Lipinski definition) is 2. The molecular formula is C19H19FN4O2. The van der Waals surface area contributed by atoms with Crippen LogP contribution in [0.1, 0.15) is 33.4 Å². The van der Waals surface area contributed by atoms with E-state index in [1.165, 1.54) is 35.3 Å². The maximum atomic E-state index is 12.9. The van der Waals surface area contributed by atoms with Gasteiger partial charge in [-0.15, -0.1) is 5.10 Å². The highest BCUT2D eigenvalue weighted by Gasteiger charge is 2.14. The molecule has 0 saturated carbocycles. The SMILES string of the molecule is Cc1ccc(CNC(=O)c2ncn(C[C@H](O)c3ccc(F)cc3)n2)cc1. The molecule has 7 heteroatoms. The summed E-state index contributed by atoms with van der Waals surface area (Å²) in [5.41, 5.74) is 2.70. The number of carbonyl (C=O) groups excluding carboxylic acids is 1. The van der Waals surface area contributed by atoms with Crippen LogP contribution in [0.25, 0.3) is 0 Å². The van der Waals surface area contributed by atoms with E-state index in [9.17, 15) is 14.3 Å². The van der Waals surface area contributed by atoms with E-state index in [4.69, 9.17) is 0 Å². The molecule has 1 amide bonds. The molecule has 3 rings (SSSR count). The number of aliphatic hydroxyl groups excluding tert-OH is 1. The minimum Gasteiger partial charge on any atom is -0.386 e. The van der Waals surface area contributed by atoms with E-state index in [0.29, 0.717) is 12.1 Å². The van der Waals surface area contributed by atoms with Gasteiger partial charge in [0, 0.05) is 6.54 Å². The van der Waals surface area contributed by atoms with E-state index in [-0.39, 0.29) is 24.1 Å². The highest BCUT2D eigenvalue weighted by Crippen LogP contribution is 2.15. The van der Waals surface area contributed by atoms with E-state index >= 15 is 0 Å². The maximum Gasteiger partial charge on any atom is 0.291 e. The molecule has 1 aromatic heterocycles. The van der Waals surface area contributed by atoms with E-state index < -0.39 is 6.10 Å². The molecule has 0 bridgehead atoms. The van der Waals surface area contributed by atoms with Crippen molar-refractivity contribution >= 4 is 5.91 Å². The molecule has 0 unspecified atom stereocenters. The molecule has 1 heterocycles. The van der Waals surface area contributed by atoms with E-state index in [1.807, 2.05) is 31.2 Å². The number of aryl methyl sites for hydroxylation is 1. The third-order valence-electron chi connectivity index (χ3n) is 3.93. The minimum atomic E-state index is -0.874. The number of aliphatic hydroxyl groups is 1. The minimum absolute atomic E-state index is 0.0309. The molecule has 0 fully saturated rings. The fraction of sp³-hybridized carbons (Fsp3) is 0.211. The van der Waals surface area contributed by atoms with Gasteiger partial charge in [0.25, 0.3) is 5.91 Å². The molecule has 2 N–H and O–H groups in total. The van der Waals surface area contributed by atoms with Gasteiger partial charge in [0.05, 0.1) is 12.6 Å². The second-order valence-corrected chi connectivity index (χ2v) is 6.03. The zero-order valence-corrected chi connectivity index (χ0v) is 14.3. The third-order valence-corrected chi connectivity index (χ3v) is 3.93. The lowest BCUT2D eigenvalue weighted by Crippen LogP contribution is -2.24. The Kier molecular flexibility index (Phi) is 5.38. The number of aromatic nitrogens is 3. The molecule has 26 heavy (non-hydrogen) atoms. The van der Waals surface area contributed by atoms with Crippen LogP contribution in [-0.4, -0.2) is 25.8 Å². The summed E-state index contributed by atoms with van der Waals surface area (Å²) in [6.45, 7) is 2.50. The van der Waals surface area contributed by atoms with Gasteiger partial charge in [0.2, 0.25) is 5.82 Å². The van der Waals surface area contributed by atoms with Crippen molar-refractivity contribution in [2.75, 3.05) is 0 Å². The molecule has 0 aliphatic heterocycles. The number of nitrogens with zero attached hydrogens (tertiary/aromatic N) is 3. The largest absolute Gasteiger partial charge is 0.386 e. The van der Waals surface area contributed by atoms with Gasteiger partial charge in [-0.1, -0.05) is 42.0 Å². The van der Waals surface area contributed by atoms with Gasteiger partial charge in [-0.25, -0.2) is 14.1 Å². The lowest BCUT2D eigenvalue weighted by Gasteiger charge is -2.10. The molecular weight excluding hydrogens is 335 g/mol. The van der Waals surface area contributed by atoms with Crippen molar-refractivity contribution in [3.63, 3.8) is 0 Å². The number of hydrogen-bond acceptors (Lipinski definition) is 4. The fourth-order valence-electron chi connectivity index (χ4n) is 2.42. The number of halogens is 1. The summed E-state index contributed by atoms with van der Waals surface area (Å²) < 4.78 is 14.3. The first-order valence-electron chi connectivity index (χ1n) is 8.18. The highest BCUT2D eigenvalue weighted by molar-refractivity contribution is 5.90. The predicted molar refractivity (Wildman–Crippen MR) is 93.7 cm³/mol. The van der Waals surface area contributed by atoms with Crippen molar-refractivity contribution in [1.82, 2.24) is 20.1 Å². The zero-order chi connectivity index (χ0) is 18.5. The summed E-state index contributed by atoms with van der Waals surface area (Å²) in [5.74, 6) is -0.724. The van der Waals surface area contributed by atoms with Gasteiger partial charge in [-0.2, -0.15) is 0 Å². The van der Waals surface area contributed by atoms with Gasteiger partial charge in [-0.3, -0.25) is 4.79 Å². The summed E-state index contributed by atoms with van der Waals surface area (Å²) in [4.78, 5) is 16.1. The number of carbonyl (C=O) groups is 1. The zero-order valence-electron chi connectivity index (χ0n) is 14.3. The Labute approximate surface area is 150 Å². The van der Waals surface area contributed by atoms with Gasteiger partial charge in [0.1, 0.15) is 12.1 Å². The lowest BCUT2D eigenvalue weighted by atomic mass is 10.1. The molecule has 0 aliphatic carbocycles. The molecule has 6 nitrogen and oxygen atoms in total. The summed E-state index contributed by atoms with van der Waals surface area (Å²) in [7, 11) is 0. The number of nitrogens with one attached hydrogen (secondary N) is 1. The van der Waals surface area contributed by atoms with E-state index in [1.54, 1.807) is 0 Å². The van der Waals surface area contributed by atoms with Crippen molar-refractivity contribution in [1.29, 1.82) is 0 Å². The van der Waals surface area contributed by atoms with E-state index in [0.717, 1.165) is 11.1 Å². The van der Waals surface area contributed by atoms with Crippen LogP contribution in [0.5, 0.6) is 0 Å². The van der Waals surface area contributed by atoms with Crippen LogP contribution in [0.3, 0.4) is 0 Å². The summed E-state index contributed by atoms with van der Waals surface area (Å²) in [6, 6.07) is 13.4. The Hall–Kier alpha value is -3.06. The fourth-order valence-corrected chi connectivity index (χ4v) is 2.42. The number of benzene rings is 2. The van der Waals surface area contributed by atoms with Crippen LogP contribution >= 0.6 is 0 Å². The van der Waals surface area contributed by atoms with Crippen molar-refractivity contribution in [2.45, 2.75) is 26.1 Å². The van der Waals surface area contributed by atoms with E-state index in [2.05, 4.69) is 15.4 Å². The molecule has 1 atom stereocenters. The van der Waals surface area contributed by atoms with Crippen molar-refractivity contribution in [2.24, 2.45) is 0 Å². The van der Waals surface area contributed by atoms with Gasteiger partial charge < -0.3 is 10.4 Å². The lowest BCUT2D eigenvalue weighted by molar-refractivity contribution is 0.0938. The first-order chi connectivity index (χ1) is 12.5. The van der Waals surface area contributed by atoms with Crippen LogP contribution < -0.4 is 5.32 Å². The van der Waals surface area contributed by atoms with Gasteiger partial charge in [-0.05, 0) is 30.2 Å². The quantitative estimate of drug-likeness (QED) is 0.712. The first kappa shape index (κ1) is 17.8. The third kappa shape index (κ3) is 4.52. The standard InChI is InChI=1S/C19H19FN4O2/c1-13-2-4-14(5-3-13)10-21-19(26)18-22-12-24(23-18)11-17(25)15-6-8-16(20)9-7-15/h2-9,12,17,25H,10-11H2,1H3,(H,21,26)/t17-/m0/s1. The van der Waals surface area contributed by atoms with Crippen molar-refractivity contribution in [3.05, 3.63) is 83.2 Å². The van der Waals surface area contributed by atoms with Crippen LogP contribution in [0.15, 0.2) is 54.9 Å². The second-order valence-electron chi connectivity index (χ2n) is 6.03. The Balaban J connectivity index is 1.57. The molecule has 134 valence electrons. The van der Waals surface area contributed by atoms with Crippen LogP contribution in [0, 0.1) is 12.7 Å². The average Bonchev–Trinajstić information content (AvgIpc) is 3.10. The molecule has 0 spiro atoms. The predicted octanol–water partition coefficient (Wildman–Crippen LogP) is 2.39. The molecule has 3 aromatic rings.